The Bertz CT molecular complexity index is 575. The Kier molecular flexibility index (Phi) is 5.51. The fraction of sp³-hybridized carbons (Fsp3) is 0.375. The SMILES string of the molecule is Cc1nccn1CCCC(=O)Nc1ccc(CCO)cc1. The van der Waals surface area contributed by atoms with Crippen molar-refractivity contribution in [1.82, 2.24) is 9.55 Å². The van der Waals surface area contributed by atoms with E-state index >= 15 is 0 Å². The minimum absolute atomic E-state index is 0.0164. The highest BCUT2D eigenvalue weighted by atomic mass is 16.2. The molecule has 0 fully saturated rings. The molecule has 0 atom stereocenters. The number of hydrogen-bond acceptors (Lipinski definition) is 3. The number of aliphatic hydroxyl groups is 1. The predicted molar refractivity (Wildman–Crippen MR) is 82.1 cm³/mol. The van der Waals surface area contributed by atoms with Gasteiger partial charge in [0.2, 0.25) is 5.91 Å². The van der Waals surface area contributed by atoms with Crippen LogP contribution in [0.3, 0.4) is 0 Å². The first kappa shape index (κ1) is 15.3. The largest absolute Gasteiger partial charge is 0.396 e. The summed E-state index contributed by atoms with van der Waals surface area (Å²) >= 11 is 0. The quantitative estimate of drug-likeness (QED) is 0.820. The first-order chi connectivity index (χ1) is 10.2. The Morgan fingerprint density at radius 2 is 2.10 bits per heavy atom. The molecule has 0 bridgehead atoms. The second kappa shape index (κ2) is 7.59. The maximum atomic E-state index is 11.9. The molecule has 0 aliphatic rings. The van der Waals surface area contributed by atoms with E-state index in [-0.39, 0.29) is 12.5 Å². The Morgan fingerprint density at radius 1 is 1.33 bits per heavy atom. The fourth-order valence-corrected chi connectivity index (χ4v) is 2.16. The van der Waals surface area contributed by atoms with Gasteiger partial charge in [0, 0.05) is 37.7 Å². The van der Waals surface area contributed by atoms with Crippen LogP contribution >= 0.6 is 0 Å². The number of anilines is 1. The van der Waals surface area contributed by atoms with Gasteiger partial charge >= 0.3 is 0 Å². The van der Waals surface area contributed by atoms with E-state index in [9.17, 15) is 4.79 Å². The Morgan fingerprint density at radius 3 is 2.71 bits per heavy atom. The van der Waals surface area contributed by atoms with Crippen molar-refractivity contribution in [2.75, 3.05) is 11.9 Å². The van der Waals surface area contributed by atoms with Crippen LogP contribution in [0.4, 0.5) is 5.69 Å². The monoisotopic (exact) mass is 287 g/mol. The Balaban J connectivity index is 1.75. The molecule has 0 spiro atoms. The number of imidazole rings is 1. The van der Waals surface area contributed by atoms with Gasteiger partial charge in [-0.2, -0.15) is 0 Å². The van der Waals surface area contributed by atoms with Crippen molar-refractivity contribution in [2.45, 2.75) is 32.7 Å². The maximum absolute atomic E-state index is 11.9. The van der Waals surface area contributed by atoms with Gasteiger partial charge in [-0.25, -0.2) is 4.98 Å². The Hall–Kier alpha value is -2.14. The van der Waals surface area contributed by atoms with Gasteiger partial charge in [-0.05, 0) is 37.5 Å². The van der Waals surface area contributed by atoms with Gasteiger partial charge in [-0.1, -0.05) is 12.1 Å². The van der Waals surface area contributed by atoms with Gasteiger partial charge in [-0.15, -0.1) is 0 Å². The molecular formula is C16H21N3O2. The van der Waals surface area contributed by atoms with Crippen molar-refractivity contribution >= 4 is 11.6 Å². The second-order valence-corrected chi connectivity index (χ2v) is 4.99. The number of aromatic nitrogens is 2. The van der Waals surface area contributed by atoms with E-state index in [2.05, 4.69) is 10.3 Å². The third-order valence-corrected chi connectivity index (χ3v) is 3.36. The molecular weight excluding hydrogens is 266 g/mol. The average Bonchev–Trinajstić information content (AvgIpc) is 2.87. The van der Waals surface area contributed by atoms with E-state index in [1.165, 1.54) is 0 Å². The molecule has 2 N–H and O–H groups in total. The Labute approximate surface area is 124 Å². The first-order valence-electron chi connectivity index (χ1n) is 7.16. The van der Waals surface area contributed by atoms with Crippen LogP contribution in [0.1, 0.15) is 24.2 Å². The van der Waals surface area contributed by atoms with Crippen LogP contribution in [0.5, 0.6) is 0 Å². The van der Waals surface area contributed by atoms with Crippen LogP contribution in [-0.4, -0.2) is 27.2 Å². The molecule has 2 rings (SSSR count). The van der Waals surface area contributed by atoms with Crippen LogP contribution in [-0.2, 0) is 17.8 Å². The van der Waals surface area contributed by atoms with Crippen molar-refractivity contribution in [3.8, 4) is 0 Å². The number of aliphatic hydroxyl groups excluding tert-OH is 1. The van der Waals surface area contributed by atoms with Crippen molar-refractivity contribution in [3.05, 3.63) is 48.0 Å². The van der Waals surface area contributed by atoms with Crippen molar-refractivity contribution in [3.63, 3.8) is 0 Å². The molecule has 0 aliphatic carbocycles. The maximum Gasteiger partial charge on any atom is 0.224 e. The summed E-state index contributed by atoms with van der Waals surface area (Å²) < 4.78 is 2.04. The number of hydrogen-bond donors (Lipinski definition) is 2. The van der Waals surface area contributed by atoms with E-state index < -0.39 is 0 Å². The lowest BCUT2D eigenvalue weighted by molar-refractivity contribution is -0.116. The molecule has 5 heteroatoms. The number of nitrogens with zero attached hydrogens (tertiary/aromatic N) is 2. The topological polar surface area (TPSA) is 67.2 Å². The van der Waals surface area contributed by atoms with Crippen LogP contribution in [0, 0.1) is 6.92 Å². The molecule has 5 nitrogen and oxygen atoms in total. The summed E-state index contributed by atoms with van der Waals surface area (Å²) in [6.07, 6.45) is 5.59. The molecule has 21 heavy (non-hydrogen) atoms. The minimum atomic E-state index is 0.0164. The molecule has 0 saturated heterocycles. The van der Waals surface area contributed by atoms with Gasteiger partial charge in [0.25, 0.3) is 0 Å². The lowest BCUT2D eigenvalue weighted by Gasteiger charge is -2.07. The fourth-order valence-electron chi connectivity index (χ4n) is 2.16. The highest BCUT2D eigenvalue weighted by Crippen LogP contribution is 2.11. The summed E-state index contributed by atoms with van der Waals surface area (Å²) in [6, 6.07) is 7.56. The van der Waals surface area contributed by atoms with Gasteiger partial charge < -0.3 is 15.0 Å². The highest BCUT2D eigenvalue weighted by molar-refractivity contribution is 5.90. The smallest absolute Gasteiger partial charge is 0.224 e. The third kappa shape index (κ3) is 4.72. The molecule has 0 saturated carbocycles. The summed E-state index contributed by atoms with van der Waals surface area (Å²) in [5, 5.41) is 11.7. The lowest BCUT2D eigenvalue weighted by atomic mass is 10.1. The van der Waals surface area contributed by atoms with Crippen LogP contribution in [0.15, 0.2) is 36.7 Å². The van der Waals surface area contributed by atoms with E-state index in [1.807, 2.05) is 42.0 Å². The minimum Gasteiger partial charge on any atom is -0.396 e. The summed E-state index contributed by atoms with van der Waals surface area (Å²) in [6.45, 7) is 2.89. The summed E-state index contributed by atoms with van der Waals surface area (Å²) in [5.41, 5.74) is 1.85. The van der Waals surface area contributed by atoms with Gasteiger partial charge in [-0.3, -0.25) is 4.79 Å². The second-order valence-electron chi connectivity index (χ2n) is 4.99. The van der Waals surface area contributed by atoms with Crippen LogP contribution in [0.25, 0.3) is 0 Å². The van der Waals surface area contributed by atoms with Crippen molar-refractivity contribution in [1.29, 1.82) is 0 Å². The number of carbonyl (C=O) groups is 1. The number of carbonyl (C=O) groups excluding carboxylic acids is 1. The molecule has 2 aromatic rings. The van der Waals surface area contributed by atoms with Crippen LogP contribution in [0.2, 0.25) is 0 Å². The number of nitrogens with one attached hydrogen (secondary N) is 1. The lowest BCUT2D eigenvalue weighted by Crippen LogP contribution is -2.12. The molecule has 1 aromatic carbocycles. The van der Waals surface area contributed by atoms with Crippen molar-refractivity contribution in [2.24, 2.45) is 0 Å². The summed E-state index contributed by atoms with van der Waals surface area (Å²) in [5.74, 6) is 0.984. The van der Waals surface area contributed by atoms with E-state index in [0.717, 1.165) is 30.0 Å². The highest BCUT2D eigenvalue weighted by Gasteiger charge is 2.03. The first-order valence-corrected chi connectivity index (χ1v) is 7.16. The molecule has 1 amide bonds. The van der Waals surface area contributed by atoms with E-state index in [0.29, 0.717) is 12.8 Å². The standard InChI is InChI=1S/C16H21N3O2/c1-13-17-9-11-19(13)10-2-3-16(21)18-15-6-4-14(5-7-15)8-12-20/h4-7,9,11,20H,2-3,8,10,12H2,1H3,(H,18,21). The van der Waals surface area contributed by atoms with Crippen LogP contribution < -0.4 is 5.32 Å². The molecule has 0 radical (unpaired) electrons. The third-order valence-electron chi connectivity index (χ3n) is 3.36. The van der Waals surface area contributed by atoms with E-state index in [4.69, 9.17) is 5.11 Å². The zero-order valence-corrected chi connectivity index (χ0v) is 12.2. The summed E-state index contributed by atoms with van der Waals surface area (Å²) in [7, 11) is 0. The number of benzene rings is 1. The molecule has 112 valence electrons. The van der Waals surface area contributed by atoms with Gasteiger partial charge in [0.1, 0.15) is 5.82 Å². The normalized spacial score (nSPS) is 10.6. The van der Waals surface area contributed by atoms with E-state index in [1.54, 1.807) is 6.20 Å². The number of aryl methyl sites for hydroxylation is 2. The molecule has 0 unspecified atom stereocenters. The zero-order chi connectivity index (χ0) is 15.1. The summed E-state index contributed by atoms with van der Waals surface area (Å²) in [4.78, 5) is 16.0. The molecule has 1 heterocycles. The number of amides is 1. The predicted octanol–water partition coefficient (Wildman–Crippen LogP) is 2.15. The van der Waals surface area contributed by atoms with Gasteiger partial charge in [0.15, 0.2) is 0 Å². The van der Waals surface area contributed by atoms with Gasteiger partial charge in [0.05, 0.1) is 0 Å². The molecule has 1 aromatic heterocycles. The van der Waals surface area contributed by atoms with Crippen molar-refractivity contribution < 1.29 is 9.90 Å². The number of rotatable bonds is 7. The molecule has 0 aliphatic heterocycles. The average molecular weight is 287 g/mol. The zero-order valence-electron chi connectivity index (χ0n) is 12.2.